The van der Waals surface area contributed by atoms with E-state index in [1.54, 1.807) is 0 Å². The second-order valence-electron chi connectivity index (χ2n) is 15.0. The molecule has 4 aliphatic rings. The minimum atomic E-state index is -0.114. The van der Waals surface area contributed by atoms with E-state index in [9.17, 15) is 0 Å². The second kappa shape index (κ2) is 10.4. The van der Waals surface area contributed by atoms with Gasteiger partial charge in [0.2, 0.25) is 0 Å². The smallest absolute Gasteiger partial charge is 0.135 e. The van der Waals surface area contributed by atoms with Crippen molar-refractivity contribution >= 4 is 37.1 Å². The topological polar surface area (TPSA) is 9.23 Å². The van der Waals surface area contributed by atoms with Crippen molar-refractivity contribution < 1.29 is 4.74 Å². The molecule has 3 atom stereocenters. The van der Waals surface area contributed by atoms with E-state index in [1.165, 1.54) is 86.9 Å². The largest absolute Gasteiger partial charge is 0.484 e. The third kappa shape index (κ3) is 3.94. The molecule has 0 spiro atoms. The lowest BCUT2D eigenvalue weighted by Crippen LogP contribution is -2.22. The zero-order chi connectivity index (χ0) is 33.1. The highest BCUT2D eigenvalue weighted by atomic mass is 32.1. The maximum Gasteiger partial charge on any atom is 0.135 e. The fraction of sp³-hybridized carbons (Fsp3) is 0.167. The first kappa shape index (κ1) is 28.6. The van der Waals surface area contributed by atoms with Crippen molar-refractivity contribution in [1.82, 2.24) is 0 Å². The van der Waals surface area contributed by atoms with E-state index < -0.39 is 0 Å². The van der Waals surface area contributed by atoms with Crippen LogP contribution in [-0.4, -0.2) is 6.10 Å². The molecule has 50 heavy (non-hydrogen) atoms. The van der Waals surface area contributed by atoms with Crippen molar-refractivity contribution in [2.24, 2.45) is 0 Å². The summed E-state index contributed by atoms with van der Waals surface area (Å²) in [6, 6.07) is 45.9. The number of thiophene rings is 1. The summed E-state index contributed by atoms with van der Waals surface area (Å²) in [6.07, 6.45) is 8.96. The molecule has 2 heterocycles. The van der Waals surface area contributed by atoms with Crippen LogP contribution in [-0.2, 0) is 11.8 Å². The van der Waals surface area contributed by atoms with E-state index in [2.05, 4.69) is 153 Å². The zero-order valence-electron chi connectivity index (χ0n) is 28.2. The summed E-state index contributed by atoms with van der Waals surface area (Å²) in [5.74, 6) is 1.61. The lowest BCUT2D eigenvalue weighted by molar-refractivity contribution is 0.278. The second-order valence-corrected chi connectivity index (χ2v) is 16.1. The Bertz CT molecular complexity index is 2630. The van der Waals surface area contributed by atoms with Crippen LogP contribution in [0.1, 0.15) is 71.0 Å². The van der Waals surface area contributed by atoms with E-state index in [0.29, 0.717) is 5.92 Å². The number of allylic oxidation sites excluding steroid dienone is 2. The molecule has 1 nitrogen and oxygen atoms in total. The Morgan fingerprint density at radius 3 is 2.36 bits per heavy atom. The van der Waals surface area contributed by atoms with Gasteiger partial charge in [-0.25, -0.2) is 0 Å². The molecule has 3 unspecified atom stereocenters. The van der Waals surface area contributed by atoms with E-state index in [-0.39, 0.29) is 17.4 Å². The molecule has 1 aromatic heterocycles. The molecule has 0 saturated carbocycles. The van der Waals surface area contributed by atoms with Crippen LogP contribution >= 0.6 is 11.3 Å². The van der Waals surface area contributed by atoms with Crippen molar-refractivity contribution in [2.45, 2.75) is 50.0 Å². The summed E-state index contributed by atoms with van der Waals surface area (Å²) < 4.78 is 9.42. The number of fused-ring (bicyclic) bond motifs is 13. The number of hydrogen-bond acceptors (Lipinski definition) is 2. The lowest BCUT2D eigenvalue weighted by Gasteiger charge is -2.26. The van der Waals surface area contributed by atoms with Crippen molar-refractivity contribution in [3.05, 3.63) is 178 Å². The summed E-state index contributed by atoms with van der Waals surface area (Å²) >= 11 is 1.96. The van der Waals surface area contributed by atoms with Crippen molar-refractivity contribution in [3.8, 4) is 28.0 Å². The molecule has 11 rings (SSSR count). The predicted octanol–water partition coefficient (Wildman–Crippen LogP) is 12.6. The van der Waals surface area contributed by atoms with Gasteiger partial charge in [0, 0.05) is 48.6 Å². The predicted molar refractivity (Wildman–Crippen MR) is 210 cm³/mol. The SMILES string of the molecule is CC1(C)c2cc(C3=CC=CC4c5ccccc5OC34)ccc2-c2ccc(C3CCc4c(ccc5c4sc4ccccc45)-c4ccccc43)cc21. The summed E-state index contributed by atoms with van der Waals surface area (Å²) in [7, 11) is 0. The first-order valence-corrected chi connectivity index (χ1v) is 18.8. The molecule has 0 bridgehead atoms. The maximum absolute atomic E-state index is 6.58. The van der Waals surface area contributed by atoms with Gasteiger partial charge >= 0.3 is 0 Å². The summed E-state index contributed by atoms with van der Waals surface area (Å²) in [6.45, 7) is 4.83. The number of aryl methyl sites for hydroxylation is 1. The molecule has 0 radical (unpaired) electrons. The lowest BCUT2D eigenvalue weighted by atomic mass is 9.78. The minimum Gasteiger partial charge on any atom is -0.484 e. The molecule has 7 aromatic rings. The molecule has 1 aliphatic heterocycles. The monoisotopic (exact) mass is 660 g/mol. The van der Waals surface area contributed by atoms with E-state index >= 15 is 0 Å². The van der Waals surface area contributed by atoms with E-state index in [0.717, 1.165) is 18.6 Å². The molecule has 2 heteroatoms. The summed E-state index contributed by atoms with van der Waals surface area (Å²) in [5.41, 5.74) is 16.5. The van der Waals surface area contributed by atoms with Gasteiger partial charge < -0.3 is 4.74 Å². The Labute approximate surface area is 297 Å². The van der Waals surface area contributed by atoms with Crippen LogP contribution in [0.5, 0.6) is 5.75 Å². The third-order valence-corrected chi connectivity index (χ3v) is 13.4. The molecule has 6 aromatic carbocycles. The standard InChI is InChI=1S/C48H36OS/c1-48(2)42-26-28(30-22-24-40-34(33-11-4-3-10-32(30)33)23-25-41-38-13-6-8-17-45(38)50-47(40)41)18-20-35(42)36-21-19-29(27-43(36)48)31-14-9-15-39-37-12-5-7-16-44(37)49-46(31)39/h3-21,23,25-27,30,39,46H,22,24H2,1-2H3. The molecule has 0 amide bonds. The Morgan fingerprint density at radius 1 is 0.680 bits per heavy atom. The maximum atomic E-state index is 6.58. The molecule has 3 aliphatic carbocycles. The van der Waals surface area contributed by atoms with Gasteiger partial charge in [-0.2, -0.15) is 0 Å². The normalized spacial score (nSPS) is 20.6. The average Bonchev–Trinajstić information content (AvgIpc) is 3.75. The summed E-state index contributed by atoms with van der Waals surface area (Å²) in [5, 5.41) is 2.78. The molecule has 0 saturated heterocycles. The Morgan fingerprint density at radius 2 is 1.44 bits per heavy atom. The van der Waals surface area contributed by atoms with Crippen LogP contribution in [0.2, 0.25) is 0 Å². The highest BCUT2D eigenvalue weighted by Crippen LogP contribution is 2.53. The molecule has 0 fully saturated rings. The first-order chi connectivity index (χ1) is 24.5. The highest BCUT2D eigenvalue weighted by Gasteiger charge is 2.40. The van der Waals surface area contributed by atoms with E-state index in [4.69, 9.17) is 4.74 Å². The number of hydrogen-bond donors (Lipinski definition) is 0. The van der Waals surface area contributed by atoms with Crippen LogP contribution in [0.25, 0.3) is 48.0 Å². The van der Waals surface area contributed by atoms with Crippen LogP contribution in [0.3, 0.4) is 0 Å². The van der Waals surface area contributed by atoms with Gasteiger partial charge in [-0.3, -0.25) is 0 Å². The fourth-order valence-electron chi connectivity index (χ4n) is 9.67. The molecule has 240 valence electrons. The Balaban J connectivity index is 0.973. The molecular formula is C48H36OS. The van der Waals surface area contributed by atoms with Gasteiger partial charge in [-0.15, -0.1) is 11.3 Å². The minimum absolute atomic E-state index is 0.0159. The van der Waals surface area contributed by atoms with Gasteiger partial charge in [0.1, 0.15) is 11.9 Å². The van der Waals surface area contributed by atoms with Crippen molar-refractivity contribution in [1.29, 1.82) is 0 Å². The third-order valence-electron chi connectivity index (χ3n) is 12.2. The van der Waals surface area contributed by atoms with Crippen molar-refractivity contribution in [2.75, 3.05) is 0 Å². The quantitative estimate of drug-likeness (QED) is 0.179. The number of ether oxygens (including phenoxy) is 1. The average molecular weight is 661 g/mol. The van der Waals surface area contributed by atoms with Crippen LogP contribution in [0, 0.1) is 0 Å². The molecule has 0 N–H and O–H groups in total. The summed E-state index contributed by atoms with van der Waals surface area (Å²) in [4.78, 5) is 0. The Hall–Kier alpha value is -5.18. The first-order valence-electron chi connectivity index (χ1n) is 18.0. The fourth-order valence-corrected chi connectivity index (χ4v) is 10.9. The van der Waals surface area contributed by atoms with Gasteiger partial charge in [-0.1, -0.05) is 135 Å². The number of rotatable bonds is 2. The van der Waals surface area contributed by atoms with Crippen LogP contribution < -0.4 is 4.74 Å². The van der Waals surface area contributed by atoms with Gasteiger partial charge in [-0.05, 0) is 86.7 Å². The van der Waals surface area contributed by atoms with E-state index in [1.807, 2.05) is 11.3 Å². The van der Waals surface area contributed by atoms with Crippen LogP contribution in [0.15, 0.2) is 140 Å². The van der Waals surface area contributed by atoms with Gasteiger partial charge in [0.15, 0.2) is 0 Å². The van der Waals surface area contributed by atoms with Gasteiger partial charge in [0.25, 0.3) is 0 Å². The highest BCUT2D eigenvalue weighted by molar-refractivity contribution is 7.26. The van der Waals surface area contributed by atoms with Gasteiger partial charge in [0.05, 0.1) is 0 Å². The Kier molecular flexibility index (Phi) is 5.97. The number of para-hydroxylation sites is 1. The van der Waals surface area contributed by atoms with Crippen molar-refractivity contribution in [3.63, 3.8) is 0 Å². The zero-order valence-corrected chi connectivity index (χ0v) is 29.1. The van der Waals surface area contributed by atoms with Crippen LogP contribution in [0.4, 0.5) is 0 Å². The number of benzene rings is 6. The molecular weight excluding hydrogens is 625 g/mol.